The predicted molar refractivity (Wildman–Crippen MR) is 74.2 cm³/mol. The van der Waals surface area contributed by atoms with Crippen LogP contribution in [-0.2, 0) is 9.59 Å². The van der Waals surface area contributed by atoms with Crippen molar-refractivity contribution in [2.24, 2.45) is 5.92 Å². The van der Waals surface area contributed by atoms with Crippen LogP contribution in [0.1, 0.15) is 52.9 Å². The van der Waals surface area contributed by atoms with Crippen LogP contribution >= 0.6 is 0 Å². The zero-order chi connectivity index (χ0) is 14.8. The van der Waals surface area contributed by atoms with Crippen LogP contribution in [0.15, 0.2) is 0 Å². The molecule has 0 heterocycles. The molecule has 19 heavy (non-hydrogen) atoms. The Morgan fingerprint density at radius 1 is 1.11 bits per heavy atom. The van der Waals surface area contributed by atoms with Gasteiger partial charge in [-0.1, -0.05) is 33.6 Å². The highest BCUT2D eigenvalue weighted by Crippen LogP contribution is 2.13. The lowest BCUT2D eigenvalue weighted by Gasteiger charge is -2.29. The molecule has 0 bridgehead atoms. The number of nitrogens with zero attached hydrogens (tertiary/aromatic N) is 1. The fraction of sp³-hybridized carbons (Fsp3) is 0.857. The third-order valence-electron chi connectivity index (χ3n) is 3.16. The molecular formula is C14H27NO4. The van der Waals surface area contributed by atoms with E-state index in [-0.39, 0.29) is 6.42 Å². The minimum Gasteiger partial charge on any atom is -0.481 e. The van der Waals surface area contributed by atoms with Crippen molar-refractivity contribution in [1.82, 2.24) is 4.90 Å². The topological polar surface area (TPSA) is 77.8 Å². The van der Waals surface area contributed by atoms with Gasteiger partial charge in [0.25, 0.3) is 0 Å². The fourth-order valence-corrected chi connectivity index (χ4v) is 1.95. The maximum Gasteiger partial charge on any atom is 0.320 e. The van der Waals surface area contributed by atoms with Crippen molar-refractivity contribution in [3.05, 3.63) is 0 Å². The summed E-state index contributed by atoms with van der Waals surface area (Å²) in [4.78, 5) is 23.8. The molecule has 0 aliphatic carbocycles. The predicted octanol–water partition coefficient (Wildman–Crippen LogP) is 2.45. The summed E-state index contributed by atoms with van der Waals surface area (Å²) in [5.74, 6) is -1.25. The van der Waals surface area contributed by atoms with Crippen molar-refractivity contribution in [2.75, 3.05) is 13.1 Å². The molecule has 0 radical (unpaired) electrons. The lowest BCUT2D eigenvalue weighted by atomic mass is 10.1. The lowest BCUT2D eigenvalue weighted by Crippen LogP contribution is -2.43. The highest BCUT2D eigenvalue weighted by molar-refractivity contribution is 5.73. The van der Waals surface area contributed by atoms with E-state index in [1.165, 1.54) is 0 Å². The van der Waals surface area contributed by atoms with Crippen molar-refractivity contribution in [2.45, 2.75) is 58.9 Å². The van der Waals surface area contributed by atoms with Crippen LogP contribution in [0, 0.1) is 5.92 Å². The van der Waals surface area contributed by atoms with Crippen LogP contribution in [0.4, 0.5) is 0 Å². The smallest absolute Gasteiger partial charge is 0.320 e. The molecule has 0 saturated heterocycles. The molecule has 0 rings (SSSR count). The summed E-state index contributed by atoms with van der Waals surface area (Å²) in [7, 11) is 0. The number of carboxylic acid groups (broad SMARTS) is 2. The number of unbranched alkanes of at least 4 members (excludes halogenated alkanes) is 1. The van der Waals surface area contributed by atoms with Crippen LogP contribution in [0.5, 0.6) is 0 Å². The molecule has 0 aromatic rings. The van der Waals surface area contributed by atoms with Crippen LogP contribution < -0.4 is 0 Å². The summed E-state index contributed by atoms with van der Waals surface area (Å²) in [6.07, 6.45) is 3.26. The Labute approximate surface area is 115 Å². The average molecular weight is 273 g/mol. The average Bonchev–Trinajstić information content (AvgIpc) is 2.30. The van der Waals surface area contributed by atoms with E-state index in [4.69, 9.17) is 5.11 Å². The molecule has 5 heteroatoms. The number of carboxylic acids is 2. The normalized spacial score (nSPS) is 12.9. The van der Waals surface area contributed by atoms with Crippen LogP contribution in [0.25, 0.3) is 0 Å². The molecule has 2 N–H and O–H groups in total. The first-order chi connectivity index (χ1) is 8.88. The Balaban J connectivity index is 4.61. The SMILES string of the molecule is CCCCC(C(=O)O)N(CCC(=O)O)CCC(C)C. The molecule has 0 saturated carbocycles. The number of hydrogen-bond donors (Lipinski definition) is 2. The third kappa shape index (κ3) is 8.59. The fourth-order valence-electron chi connectivity index (χ4n) is 1.95. The molecule has 1 atom stereocenters. The second-order valence-electron chi connectivity index (χ2n) is 5.36. The Morgan fingerprint density at radius 2 is 1.74 bits per heavy atom. The molecule has 112 valence electrons. The molecule has 1 unspecified atom stereocenters. The summed E-state index contributed by atoms with van der Waals surface area (Å²) in [6, 6.07) is -0.557. The van der Waals surface area contributed by atoms with Crippen molar-refractivity contribution < 1.29 is 19.8 Å². The zero-order valence-corrected chi connectivity index (χ0v) is 12.3. The lowest BCUT2D eigenvalue weighted by molar-refractivity contribution is -0.145. The molecule has 0 aromatic heterocycles. The highest BCUT2D eigenvalue weighted by Gasteiger charge is 2.25. The number of rotatable bonds is 11. The summed E-state index contributed by atoms with van der Waals surface area (Å²) in [5, 5.41) is 18.1. The largest absolute Gasteiger partial charge is 0.481 e. The van der Waals surface area contributed by atoms with E-state index >= 15 is 0 Å². The molecule has 0 fully saturated rings. The van der Waals surface area contributed by atoms with Crippen LogP contribution in [-0.4, -0.2) is 46.2 Å². The van der Waals surface area contributed by atoms with E-state index in [1.54, 1.807) is 0 Å². The van der Waals surface area contributed by atoms with E-state index < -0.39 is 18.0 Å². The number of carbonyl (C=O) groups is 2. The Hall–Kier alpha value is -1.10. The van der Waals surface area contributed by atoms with Gasteiger partial charge in [-0.15, -0.1) is 0 Å². The molecule has 0 amide bonds. The Kier molecular flexibility index (Phi) is 9.21. The van der Waals surface area contributed by atoms with Gasteiger partial charge in [-0.3, -0.25) is 14.5 Å². The van der Waals surface area contributed by atoms with Crippen molar-refractivity contribution in [3.8, 4) is 0 Å². The third-order valence-corrected chi connectivity index (χ3v) is 3.16. The first-order valence-corrected chi connectivity index (χ1v) is 7.07. The van der Waals surface area contributed by atoms with Crippen LogP contribution in [0.3, 0.4) is 0 Å². The van der Waals surface area contributed by atoms with E-state index in [1.807, 2.05) is 11.8 Å². The van der Waals surface area contributed by atoms with Crippen molar-refractivity contribution >= 4 is 11.9 Å². The van der Waals surface area contributed by atoms with Gasteiger partial charge >= 0.3 is 11.9 Å². The minimum atomic E-state index is -0.880. The molecule has 0 spiro atoms. The zero-order valence-electron chi connectivity index (χ0n) is 12.3. The van der Waals surface area contributed by atoms with E-state index in [0.29, 0.717) is 25.4 Å². The van der Waals surface area contributed by atoms with Gasteiger partial charge in [-0.25, -0.2) is 0 Å². The van der Waals surface area contributed by atoms with E-state index in [0.717, 1.165) is 19.3 Å². The van der Waals surface area contributed by atoms with Gasteiger partial charge in [0, 0.05) is 6.54 Å². The quantitative estimate of drug-likeness (QED) is 0.604. The summed E-state index contributed by atoms with van der Waals surface area (Å²) in [6.45, 7) is 7.14. The second-order valence-corrected chi connectivity index (χ2v) is 5.36. The molecule has 5 nitrogen and oxygen atoms in total. The monoisotopic (exact) mass is 273 g/mol. The van der Waals surface area contributed by atoms with Gasteiger partial charge in [0.1, 0.15) is 6.04 Å². The molecular weight excluding hydrogens is 246 g/mol. The van der Waals surface area contributed by atoms with Gasteiger partial charge in [0.2, 0.25) is 0 Å². The summed E-state index contributed by atoms with van der Waals surface area (Å²) < 4.78 is 0. The number of aliphatic carboxylic acids is 2. The standard InChI is InChI=1S/C14H27NO4/c1-4-5-6-12(14(18)19)15(9-7-11(2)3)10-8-13(16)17/h11-12H,4-10H2,1-3H3,(H,16,17)(H,18,19). The second kappa shape index (κ2) is 9.78. The highest BCUT2D eigenvalue weighted by atomic mass is 16.4. The van der Waals surface area contributed by atoms with Gasteiger partial charge in [0.05, 0.1) is 6.42 Å². The van der Waals surface area contributed by atoms with E-state index in [2.05, 4.69) is 13.8 Å². The first-order valence-electron chi connectivity index (χ1n) is 7.07. The molecule has 0 aromatic carbocycles. The summed E-state index contributed by atoms with van der Waals surface area (Å²) in [5.41, 5.74) is 0. The van der Waals surface area contributed by atoms with Crippen LogP contribution in [0.2, 0.25) is 0 Å². The summed E-state index contributed by atoms with van der Waals surface area (Å²) >= 11 is 0. The maximum atomic E-state index is 11.3. The molecule has 0 aliphatic heterocycles. The van der Waals surface area contributed by atoms with Gasteiger partial charge < -0.3 is 10.2 Å². The van der Waals surface area contributed by atoms with E-state index in [9.17, 15) is 14.7 Å². The van der Waals surface area contributed by atoms with Gasteiger partial charge in [-0.05, 0) is 25.3 Å². The minimum absolute atomic E-state index is 0.00595. The van der Waals surface area contributed by atoms with Crippen molar-refractivity contribution in [3.63, 3.8) is 0 Å². The maximum absolute atomic E-state index is 11.3. The van der Waals surface area contributed by atoms with Gasteiger partial charge in [0.15, 0.2) is 0 Å². The Bertz CT molecular complexity index is 279. The van der Waals surface area contributed by atoms with Crippen molar-refractivity contribution in [1.29, 1.82) is 0 Å². The Morgan fingerprint density at radius 3 is 2.16 bits per heavy atom. The molecule has 0 aliphatic rings. The van der Waals surface area contributed by atoms with Gasteiger partial charge in [-0.2, -0.15) is 0 Å². The first kappa shape index (κ1) is 17.9. The number of hydrogen-bond acceptors (Lipinski definition) is 3.